The summed E-state index contributed by atoms with van der Waals surface area (Å²) in [5.74, 6) is 0.842. The summed E-state index contributed by atoms with van der Waals surface area (Å²) in [7, 11) is 0. The van der Waals surface area contributed by atoms with Gasteiger partial charge >= 0.3 is 0 Å². The predicted octanol–water partition coefficient (Wildman–Crippen LogP) is 3.05. The van der Waals surface area contributed by atoms with Gasteiger partial charge < -0.3 is 10.5 Å². The zero-order valence-corrected chi connectivity index (χ0v) is 10.5. The molecule has 0 saturated carbocycles. The fraction of sp³-hybridized carbons (Fsp3) is 0. The van der Waals surface area contributed by atoms with Crippen molar-refractivity contribution in [2.45, 2.75) is 0 Å². The van der Waals surface area contributed by atoms with E-state index in [9.17, 15) is 0 Å². The molecule has 3 aromatic rings. The standard InChI is InChI=1S/C13H9ClN4O/c14-9-3-4-11(12-8(9)2-1-5-17-12)19-13-10(15)6-16-7-18-13/h1-7H,15H2. The first-order valence-corrected chi connectivity index (χ1v) is 5.90. The first kappa shape index (κ1) is 11.7. The highest BCUT2D eigenvalue weighted by atomic mass is 35.5. The van der Waals surface area contributed by atoms with Crippen LogP contribution in [0.5, 0.6) is 11.6 Å². The fourth-order valence-electron chi connectivity index (χ4n) is 1.71. The molecule has 0 bridgehead atoms. The van der Waals surface area contributed by atoms with Crippen molar-refractivity contribution < 1.29 is 4.74 Å². The van der Waals surface area contributed by atoms with Gasteiger partial charge in [-0.15, -0.1) is 0 Å². The number of nitrogen functional groups attached to an aromatic ring is 1. The number of benzene rings is 1. The summed E-state index contributed by atoms with van der Waals surface area (Å²) in [5.41, 5.74) is 6.77. The first-order valence-electron chi connectivity index (χ1n) is 5.52. The average Bonchev–Trinajstić information content (AvgIpc) is 2.44. The van der Waals surface area contributed by atoms with E-state index >= 15 is 0 Å². The number of rotatable bonds is 2. The van der Waals surface area contributed by atoms with Gasteiger partial charge in [0.1, 0.15) is 17.5 Å². The molecule has 0 fully saturated rings. The average molecular weight is 273 g/mol. The molecule has 94 valence electrons. The maximum atomic E-state index is 6.12. The quantitative estimate of drug-likeness (QED) is 0.776. The van der Waals surface area contributed by atoms with Gasteiger partial charge in [-0.25, -0.2) is 4.98 Å². The Labute approximate surface area is 114 Å². The third-order valence-corrected chi connectivity index (χ3v) is 2.92. The lowest BCUT2D eigenvalue weighted by atomic mass is 10.2. The largest absolute Gasteiger partial charge is 0.435 e. The number of halogens is 1. The Morgan fingerprint density at radius 2 is 2.05 bits per heavy atom. The van der Waals surface area contributed by atoms with Gasteiger partial charge in [0.15, 0.2) is 5.75 Å². The second kappa shape index (κ2) is 4.70. The van der Waals surface area contributed by atoms with Crippen molar-refractivity contribution in [2.75, 3.05) is 5.73 Å². The smallest absolute Gasteiger partial charge is 0.245 e. The molecule has 2 heterocycles. The van der Waals surface area contributed by atoms with Crippen LogP contribution in [-0.2, 0) is 0 Å². The molecule has 2 aromatic heterocycles. The number of hydrogen-bond acceptors (Lipinski definition) is 5. The predicted molar refractivity (Wildman–Crippen MR) is 73.3 cm³/mol. The SMILES string of the molecule is Nc1cncnc1Oc1ccc(Cl)c2cccnc12. The molecule has 0 amide bonds. The minimum atomic E-state index is 0.296. The van der Waals surface area contributed by atoms with Crippen LogP contribution in [0, 0.1) is 0 Å². The molecular weight excluding hydrogens is 264 g/mol. The molecule has 3 rings (SSSR count). The minimum Gasteiger partial charge on any atom is -0.435 e. The normalized spacial score (nSPS) is 10.6. The molecule has 2 N–H and O–H groups in total. The Bertz CT molecular complexity index is 748. The third-order valence-electron chi connectivity index (χ3n) is 2.59. The van der Waals surface area contributed by atoms with E-state index in [0.29, 0.717) is 27.9 Å². The second-order valence-corrected chi connectivity index (χ2v) is 4.24. The van der Waals surface area contributed by atoms with Crippen LogP contribution in [0.15, 0.2) is 43.0 Å². The van der Waals surface area contributed by atoms with E-state index in [1.807, 2.05) is 12.1 Å². The number of anilines is 1. The fourth-order valence-corrected chi connectivity index (χ4v) is 1.93. The molecule has 5 nitrogen and oxygen atoms in total. The van der Waals surface area contributed by atoms with Crippen LogP contribution in [0.1, 0.15) is 0 Å². The van der Waals surface area contributed by atoms with Crippen LogP contribution >= 0.6 is 11.6 Å². The van der Waals surface area contributed by atoms with Crippen molar-refractivity contribution in [1.82, 2.24) is 15.0 Å². The molecule has 0 aliphatic heterocycles. The summed E-state index contributed by atoms with van der Waals surface area (Å²) in [6, 6.07) is 7.18. The number of pyridine rings is 1. The minimum absolute atomic E-state index is 0.296. The molecule has 1 aromatic carbocycles. The van der Waals surface area contributed by atoms with Gasteiger partial charge in [0.25, 0.3) is 0 Å². The summed E-state index contributed by atoms with van der Waals surface area (Å²) in [4.78, 5) is 12.1. The molecule has 0 aliphatic rings. The van der Waals surface area contributed by atoms with Crippen molar-refractivity contribution in [1.29, 1.82) is 0 Å². The molecule has 0 unspecified atom stereocenters. The van der Waals surface area contributed by atoms with Crippen molar-refractivity contribution >= 4 is 28.2 Å². The summed E-state index contributed by atoms with van der Waals surface area (Å²) in [5, 5.41) is 1.43. The topological polar surface area (TPSA) is 73.9 Å². The van der Waals surface area contributed by atoms with E-state index < -0.39 is 0 Å². The Balaban J connectivity index is 2.12. The van der Waals surface area contributed by atoms with E-state index in [0.717, 1.165) is 5.39 Å². The van der Waals surface area contributed by atoms with Gasteiger partial charge in [0.2, 0.25) is 5.88 Å². The lowest BCUT2D eigenvalue weighted by Crippen LogP contribution is -1.96. The van der Waals surface area contributed by atoms with Crippen molar-refractivity contribution in [3.05, 3.63) is 48.0 Å². The maximum absolute atomic E-state index is 6.12. The Morgan fingerprint density at radius 1 is 1.16 bits per heavy atom. The summed E-state index contributed by atoms with van der Waals surface area (Å²) >= 11 is 6.12. The highest BCUT2D eigenvalue weighted by molar-refractivity contribution is 6.35. The lowest BCUT2D eigenvalue weighted by Gasteiger charge is -2.09. The highest BCUT2D eigenvalue weighted by Gasteiger charge is 2.10. The van der Waals surface area contributed by atoms with E-state index in [2.05, 4.69) is 15.0 Å². The number of nitrogens with two attached hydrogens (primary N) is 1. The lowest BCUT2D eigenvalue weighted by molar-refractivity contribution is 0.468. The van der Waals surface area contributed by atoms with Gasteiger partial charge in [0.05, 0.1) is 11.2 Å². The van der Waals surface area contributed by atoms with E-state index in [4.69, 9.17) is 22.1 Å². The van der Waals surface area contributed by atoms with Crippen molar-refractivity contribution in [3.63, 3.8) is 0 Å². The van der Waals surface area contributed by atoms with Crippen LogP contribution in [0.3, 0.4) is 0 Å². The zero-order valence-electron chi connectivity index (χ0n) is 9.75. The molecule has 0 atom stereocenters. The Kier molecular flexibility index (Phi) is 2.89. The van der Waals surface area contributed by atoms with Crippen molar-refractivity contribution in [2.24, 2.45) is 0 Å². The van der Waals surface area contributed by atoms with Gasteiger partial charge in [-0.2, -0.15) is 4.98 Å². The second-order valence-electron chi connectivity index (χ2n) is 3.83. The number of hydrogen-bond donors (Lipinski definition) is 1. The Hall–Kier alpha value is -2.40. The Morgan fingerprint density at radius 3 is 2.89 bits per heavy atom. The van der Waals surface area contributed by atoms with Gasteiger partial charge in [-0.1, -0.05) is 11.6 Å². The third kappa shape index (κ3) is 2.15. The number of ether oxygens (including phenoxy) is 1. The zero-order chi connectivity index (χ0) is 13.2. The number of aromatic nitrogens is 3. The molecule has 6 heteroatoms. The summed E-state index contributed by atoms with van der Waals surface area (Å²) in [6.45, 7) is 0. The molecule has 0 aliphatic carbocycles. The number of fused-ring (bicyclic) bond motifs is 1. The monoisotopic (exact) mass is 272 g/mol. The molecule has 0 saturated heterocycles. The van der Waals surface area contributed by atoms with E-state index in [1.54, 1.807) is 18.3 Å². The van der Waals surface area contributed by atoms with E-state index in [1.165, 1.54) is 12.5 Å². The van der Waals surface area contributed by atoms with Crippen LogP contribution in [0.2, 0.25) is 5.02 Å². The van der Waals surface area contributed by atoms with Crippen molar-refractivity contribution in [3.8, 4) is 11.6 Å². The van der Waals surface area contributed by atoms with Gasteiger partial charge in [0, 0.05) is 11.6 Å². The van der Waals surface area contributed by atoms with E-state index in [-0.39, 0.29) is 0 Å². The van der Waals surface area contributed by atoms with Crippen LogP contribution < -0.4 is 10.5 Å². The highest BCUT2D eigenvalue weighted by Crippen LogP contribution is 2.33. The van der Waals surface area contributed by atoms with Crippen LogP contribution in [0.4, 0.5) is 5.69 Å². The molecule has 0 radical (unpaired) electrons. The molecular formula is C13H9ClN4O. The van der Waals surface area contributed by atoms with Gasteiger partial charge in [-0.05, 0) is 24.3 Å². The van der Waals surface area contributed by atoms with Gasteiger partial charge in [-0.3, -0.25) is 4.98 Å². The first-order chi connectivity index (χ1) is 9.25. The summed E-state index contributed by atoms with van der Waals surface area (Å²) in [6.07, 6.45) is 4.53. The van der Waals surface area contributed by atoms with Crippen LogP contribution in [-0.4, -0.2) is 15.0 Å². The molecule has 0 spiro atoms. The molecule has 19 heavy (non-hydrogen) atoms. The maximum Gasteiger partial charge on any atom is 0.245 e. The van der Waals surface area contributed by atoms with Crippen LogP contribution in [0.25, 0.3) is 10.9 Å². The summed E-state index contributed by atoms with van der Waals surface area (Å²) < 4.78 is 5.68. The number of nitrogens with zero attached hydrogens (tertiary/aromatic N) is 3.